The molecule has 2 fully saturated rings. The number of carbonyl (C=O) groups is 2. The zero-order valence-electron chi connectivity index (χ0n) is 15.3. The molecule has 0 bridgehead atoms. The van der Waals surface area contributed by atoms with Gasteiger partial charge in [0.2, 0.25) is 15.9 Å². The van der Waals surface area contributed by atoms with E-state index in [9.17, 15) is 18.0 Å². The van der Waals surface area contributed by atoms with Crippen molar-refractivity contribution in [2.24, 2.45) is 11.7 Å². The number of anilines is 1. The minimum Gasteiger partial charge on any atom is -0.355 e. The number of rotatable bonds is 5. The highest BCUT2D eigenvalue weighted by atomic mass is 32.2. The van der Waals surface area contributed by atoms with Gasteiger partial charge >= 0.3 is 0 Å². The first-order valence-electron chi connectivity index (χ1n) is 9.30. The summed E-state index contributed by atoms with van der Waals surface area (Å²) >= 11 is 0. The van der Waals surface area contributed by atoms with Crippen molar-refractivity contribution >= 4 is 27.5 Å². The molecule has 3 rings (SSSR count). The summed E-state index contributed by atoms with van der Waals surface area (Å²) in [5, 5.41) is 2.78. The molecule has 3 N–H and O–H groups in total. The lowest BCUT2D eigenvalue weighted by molar-refractivity contribution is -0.126. The van der Waals surface area contributed by atoms with Gasteiger partial charge in [-0.15, -0.1) is 0 Å². The van der Waals surface area contributed by atoms with Gasteiger partial charge in [-0.25, -0.2) is 8.42 Å². The van der Waals surface area contributed by atoms with Gasteiger partial charge in [0.05, 0.1) is 17.4 Å². The molecule has 2 aliphatic rings. The fourth-order valence-electron chi connectivity index (χ4n) is 3.62. The van der Waals surface area contributed by atoms with Gasteiger partial charge in [-0.05, 0) is 37.5 Å². The van der Waals surface area contributed by atoms with E-state index >= 15 is 0 Å². The number of likely N-dealkylation sites (tertiary alicyclic amines) is 1. The number of carbonyl (C=O) groups excluding carboxylic acids is 2. The average molecular weight is 394 g/mol. The molecular formula is C18H26N4O4S. The van der Waals surface area contributed by atoms with Crippen LogP contribution in [0.4, 0.5) is 5.69 Å². The van der Waals surface area contributed by atoms with Crippen LogP contribution in [0.2, 0.25) is 0 Å². The third-order valence-electron chi connectivity index (χ3n) is 5.00. The van der Waals surface area contributed by atoms with E-state index in [2.05, 4.69) is 5.32 Å². The Kier molecular flexibility index (Phi) is 6.01. The molecule has 2 aliphatic heterocycles. The quantitative estimate of drug-likeness (QED) is 0.738. The van der Waals surface area contributed by atoms with Gasteiger partial charge in [-0.2, -0.15) is 0 Å². The van der Waals surface area contributed by atoms with Crippen LogP contribution < -0.4 is 15.4 Å². The normalized spacial score (nSPS) is 21.9. The molecule has 27 heavy (non-hydrogen) atoms. The SMILES string of the molecule is NCCNC(=O)C1CCCN(C(=O)c2cccc(N3CCCS3(=O)=O)c2)C1. The first-order chi connectivity index (χ1) is 12.9. The number of nitrogens with zero attached hydrogens (tertiary/aromatic N) is 2. The van der Waals surface area contributed by atoms with Crippen molar-refractivity contribution in [3.05, 3.63) is 29.8 Å². The molecule has 1 aromatic rings. The van der Waals surface area contributed by atoms with Crippen LogP contribution >= 0.6 is 0 Å². The van der Waals surface area contributed by atoms with E-state index in [1.165, 1.54) is 4.31 Å². The van der Waals surface area contributed by atoms with Gasteiger partial charge in [0, 0.05) is 38.3 Å². The van der Waals surface area contributed by atoms with Crippen LogP contribution in [0.5, 0.6) is 0 Å². The summed E-state index contributed by atoms with van der Waals surface area (Å²) < 4.78 is 25.6. The molecule has 9 heteroatoms. The van der Waals surface area contributed by atoms with E-state index in [0.717, 1.165) is 12.8 Å². The molecule has 1 unspecified atom stereocenters. The Morgan fingerprint density at radius 2 is 2.04 bits per heavy atom. The van der Waals surface area contributed by atoms with E-state index < -0.39 is 10.0 Å². The predicted molar refractivity (Wildman–Crippen MR) is 103 cm³/mol. The van der Waals surface area contributed by atoms with Crippen molar-refractivity contribution < 1.29 is 18.0 Å². The molecule has 8 nitrogen and oxygen atoms in total. The standard InChI is InChI=1S/C18H26N4O4S/c19-7-8-20-17(23)15-5-2-9-21(13-15)18(24)14-4-1-6-16(12-14)22-10-3-11-27(22,25)26/h1,4,6,12,15H,2-3,5,7-11,13,19H2,(H,20,23). The summed E-state index contributed by atoms with van der Waals surface area (Å²) in [4.78, 5) is 26.8. The zero-order chi connectivity index (χ0) is 19.4. The monoisotopic (exact) mass is 394 g/mol. The van der Waals surface area contributed by atoms with Crippen molar-refractivity contribution in [3.8, 4) is 0 Å². The summed E-state index contributed by atoms with van der Waals surface area (Å²) in [6, 6.07) is 6.72. The first kappa shape index (κ1) is 19.6. The highest BCUT2D eigenvalue weighted by molar-refractivity contribution is 7.93. The summed E-state index contributed by atoms with van der Waals surface area (Å²) in [7, 11) is -3.29. The topological polar surface area (TPSA) is 113 Å². The number of hydrogen-bond donors (Lipinski definition) is 2. The highest BCUT2D eigenvalue weighted by Crippen LogP contribution is 2.26. The molecule has 148 valence electrons. The van der Waals surface area contributed by atoms with Gasteiger partial charge in [0.1, 0.15) is 0 Å². The number of hydrogen-bond acceptors (Lipinski definition) is 5. The molecule has 1 atom stereocenters. The van der Waals surface area contributed by atoms with E-state index in [-0.39, 0.29) is 23.5 Å². The lowest BCUT2D eigenvalue weighted by Gasteiger charge is -2.32. The van der Waals surface area contributed by atoms with Gasteiger partial charge in [-0.3, -0.25) is 13.9 Å². The third kappa shape index (κ3) is 4.41. The molecule has 0 saturated carbocycles. The van der Waals surface area contributed by atoms with Crippen molar-refractivity contribution in [2.45, 2.75) is 19.3 Å². The second kappa shape index (κ2) is 8.26. The van der Waals surface area contributed by atoms with Crippen LogP contribution in [0.1, 0.15) is 29.6 Å². The molecule has 2 saturated heterocycles. The van der Waals surface area contributed by atoms with Gasteiger partial charge in [0.25, 0.3) is 5.91 Å². The molecular weight excluding hydrogens is 368 g/mol. The molecule has 2 amide bonds. The summed E-state index contributed by atoms with van der Waals surface area (Å²) in [5.74, 6) is -0.354. The number of piperidine rings is 1. The zero-order valence-corrected chi connectivity index (χ0v) is 16.1. The summed E-state index contributed by atoms with van der Waals surface area (Å²) in [6.45, 7) is 2.20. The lowest BCUT2D eigenvalue weighted by atomic mass is 9.96. The Morgan fingerprint density at radius 3 is 2.74 bits per heavy atom. The molecule has 1 aromatic carbocycles. The number of nitrogens with two attached hydrogens (primary N) is 1. The van der Waals surface area contributed by atoms with E-state index in [0.29, 0.717) is 50.4 Å². The number of nitrogens with one attached hydrogen (secondary N) is 1. The Bertz CT molecular complexity index is 811. The van der Waals surface area contributed by atoms with Crippen LogP contribution in [0.15, 0.2) is 24.3 Å². The van der Waals surface area contributed by atoms with Crippen LogP contribution in [0.25, 0.3) is 0 Å². The number of sulfonamides is 1. The van der Waals surface area contributed by atoms with E-state index in [4.69, 9.17) is 5.73 Å². The Hall–Kier alpha value is -2.13. The summed E-state index contributed by atoms with van der Waals surface area (Å²) in [6.07, 6.45) is 2.09. The fraction of sp³-hybridized carbons (Fsp3) is 0.556. The second-order valence-electron chi connectivity index (χ2n) is 6.96. The lowest BCUT2D eigenvalue weighted by Crippen LogP contribution is -2.46. The smallest absolute Gasteiger partial charge is 0.253 e. The molecule has 0 spiro atoms. The van der Waals surface area contributed by atoms with E-state index in [1.54, 1.807) is 29.2 Å². The largest absolute Gasteiger partial charge is 0.355 e. The Morgan fingerprint density at radius 1 is 1.22 bits per heavy atom. The number of amides is 2. The maximum atomic E-state index is 12.9. The molecule has 0 radical (unpaired) electrons. The highest BCUT2D eigenvalue weighted by Gasteiger charge is 2.31. The Labute approximate surface area is 159 Å². The van der Waals surface area contributed by atoms with Gasteiger partial charge in [0.15, 0.2) is 0 Å². The minimum absolute atomic E-state index is 0.0742. The van der Waals surface area contributed by atoms with Gasteiger partial charge in [-0.1, -0.05) is 6.07 Å². The van der Waals surface area contributed by atoms with Crippen LogP contribution in [-0.2, 0) is 14.8 Å². The van der Waals surface area contributed by atoms with Crippen LogP contribution in [0.3, 0.4) is 0 Å². The molecule has 2 heterocycles. The van der Waals surface area contributed by atoms with E-state index in [1.807, 2.05) is 0 Å². The predicted octanol–water partition coefficient (Wildman–Crippen LogP) is 0.154. The number of benzene rings is 1. The maximum Gasteiger partial charge on any atom is 0.253 e. The summed E-state index contributed by atoms with van der Waals surface area (Å²) in [5.41, 5.74) is 6.38. The van der Waals surface area contributed by atoms with Crippen LogP contribution in [0, 0.1) is 5.92 Å². The molecule has 0 aromatic heterocycles. The average Bonchev–Trinajstić information content (AvgIpc) is 3.04. The second-order valence-corrected chi connectivity index (χ2v) is 8.97. The third-order valence-corrected chi connectivity index (χ3v) is 6.87. The van der Waals surface area contributed by atoms with Gasteiger partial charge < -0.3 is 16.0 Å². The maximum absolute atomic E-state index is 12.9. The molecule has 0 aliphatic carbocycles. The fourth-order valence-corrected chi connectivity index (χ4v) is 5.18. The van der Waals surface area contributed by atoms with Crippen molar-refractivity contribution in [3.63, 3.8) is 0 Å². The Balaban J connectivity index is 1.72. The van der Waals surface area contributed by atoms with Crippen molar-refractivity contribution in [2.75, 3.05) is 42.8 Å². The first-order valence-corrected chi connectivity index (χ1v) is 10.9. The minimum atomic E-state index is -3.29. The van der Waals surface area contributed by atoms with Crippen molar-refractivity contribution in [1.82, 2.24) is 10.2 Å². The van der Waals surface area contributed by atoms with Crippen molar-refractivity contribution in [1.29, 1.82) is 0 Å². The van der Waals surface area contributed by atoms with Crippen LogP contribution in [-0.4, -0.2) is 63.6 Å².